The van der Waals surface area contributed by atoms with Gasteiger partial charge in [0.15, 0.2) is 5.65 Å². The first kappa shape index (κ1) is 26.2. The molecule has 4 aromatic rings. The Morgan fingerprint density at radius 1 is 1.02 bits per heavy atom. The SMILES string of the molecule is CN1CCC(N(C)C(=O)c2ccc(Nc3nc4c(N5CCC(O)(c6ccncc6)CC5)cccn4n3)cc2)CC1. The van der Waals surface area contributed by atoms with Crippen molar-refractivity contribution < 1.29 is 9.90 Å². The summed E-state index contributed by atoms with van der Waals surface area (Å²) in [5, 5.41) is 19.1. The molecule has 208 valence electrons. The number of aliphatic hydroxyl groups is 1. The lowest BCUT2D eigenvalue weighted by Crippen LogP contribution is -2.44. The molecule has 1 aromatic carbocycles. The van der Waals surface area contributed by atoms with Crippen molar-refractivity contribution in [3.63, 3.8) is 0 Å². The molecule has 10 heteroatoms. The molecule has 0 unspecified atom stereocenters. The number of fused-ring (bicyclic) bond motifs is 1. The number of benzene rings is 1. The van der Waals surface area contributed by atoms with E-state index < -0.39 is 5.60 Å². The van der Waals surface area contributed by atoms with Gasteiger partial charge in [0, 0.05) is 56.0 Å². The molecule has 0 atom stereocenters. The number of likely N-dealkylation sites (tertiary alicyclic amines) is 1. The zero-order valence-corrected chi connectivity index (χ0v) is 23.1. The third kappa shape index (κ3) is 5.24. The predicted octanol–water partition coefficient (Wildman–Crippen LogP) is 3.52. The van der Waals surface area contributed by atoms with Gasteiger partial charge < -0.3 is 25.1 Å². The Balaban J connectivity index is 1.12. The maximum Gasteiger partial charge on any atom is 0.253 e. The number of carbonyl (C=O) groups excluding carboxylic acids is 1. The molecule has 0 aliphatic carbocycles. The zero-order valence-electron chi connectivity index (χ0n) is 23.1. The highest BCUT2D eigenvalue weighted by atomic mass is 16.3. The van der Waals surface area contributed by atoms with Gasteiger partial charge in [-0.3, -0.25) is 9.78 Å². The van der Waals surface area contributed by atoms with Crippen LogP contribution in [0.15, 0.2) is 67.1 Å². The highest BCUT2D eigenvalue weighted by Gasteiger charge is 2.34. The first-order valence-electron chi connectivity index (χ1n) is 14.0. The summed E-state index contributed by atoms with van der Waals surface area (Å²) >= 11 is 0. The van der Waals surface area contributed by atoms with E-state index in [-0.39, 0.29) is 11.9 Å². The van der Waals surface area contributed by atoms with Crippen LogP contribution in [-0.4, -0.2) is 86.7 Å². The first-order valence-corrected chi connectivity index (χ1v) is 14.0. The van der Waals surface area contributed by atoms with Gasteiger partial charge in [0.2, 0.25) is 5.95 Å². The summed E-state index contributed by atoms with van der Waals surface area (Å²) in [5.41, 5.74) is 3.30. The second kappa shape index (κ2) is 10.9. The molecule has 40 heavy (non-hydrogen) atoms. The summed E-state index contributed by atoms with van der Waals surface area (Å²) in [6, 6.07) is 15.6. The van der Waals surface area contributed by atoms with Crippen LogP contribution in [0.4, 0.5) is 17.3 Å². The van der Waals surface area contributed by atoms with E-state index in [4.69, 9.17) is 4.98 Å². The molecule has 2 saturated heterocycles. The van der Waals surface area contributed by atoms with Gasteiger partial charge in [0.1, 0.15) is 0 Å². The summed E-state index contributed by atoms with van der Waals surface area (Å²) in [5.74, 6) is 0.536. The van der Waals surface area contributed by atoms with Crippen LogP contribution in [0.2, 0.25) is 0 Å². The average molecular weight is 541 g/mol. The average Bonchev–Trinajstić information content (AvgIpc) is 3.41. The number of hydrogen-bond acceptors (Lipinski definition) is 8. The lowest BCUT2D eigenvalue weighted by atomic mass is 9.85. The van der Waals surface area contributed by atoms with Gasteiger partial charge in [-0.05, 0) is 99.9 Å². The summed E-state index contributed by atoms with van der Waals surface area (Å²) in [6.45, 7) is 3.44. The molecule has 2 N–H and O–H groups in total. The molecule has 2 aliphatic heterocycles. The number of nitrogens with one attached hydrogen (secondary N) is 1. The van der Waals surface area contributed by atoms with E-state index in [0.717, 1.165) is 48.5 Å². The van der Waals surface area contributed by atoms with Crippen molar-refractivity contribution in [1.29, 1.82) is 0 Å². The van der Waals surface area contributed by atoms with Crippen LogP contribution in [0.3, 0.4) is 0 Å². The van der Waals surface area contributed by atoms with Crippen LogP contribution in [-0.2, 0) is 5.60 Å². The van der Waals surface area contributed by atoms with Crippen LogP contribution in [0.5, 0.6) is 0 Å². The van der Waals surface area contributed by atoms with E-state index >= 15 is 0 Å². The maximum atomic E-state index is 13.1. The number of carbonyl (C=O) groups is 1. The lowest BCUT2D eigenvalue weighted by molar-refractivity contribution is 0.0117. The van der Waals surface area contributed by atoms with Gasteiger partial charge in [-0.15, -0.1) is 5.10 Å². The molecule has 2 fully saturated rings. The van der Waals surface area contributed by atoms with Gasteiger partial charge in [-0.25, -0.2) is 4.52 Å². The van der Waals surface area contributed by atoms with Crippen molar-refractivity contribution in [1.82, 2.24) is 29.4 Å². The molecule has 0 saturated carbocycles. The molecular formula is C30H36N8O2. The van der Waals surface area contributed by atoms with Crippen molar-refractivity contribution in [2.24, 2.45) is 0 Å². The monoisotopic (exact) mass is 540 g/mol. The number of nitrogens with zero attached hydrogens (tertiary/aromatic N) is 7. The van der Waals surface area contributed by atoms with Crippen molar-refractivity contribution in [3.05, 3.63) is 78.2 Å². The molecule has 2 aliphatic rings. The third-order valence-corrected chi connectivity index (χ3v) is 8.43. The first-order chi connectivity index (χ1) is 19.4. The maximum absolute atomic E-state index is 13.1. The van der Waals surface area contributed by atoms with Crippen molar-refractivity contribution in [2.75, 3.05) is 50.5 Å². The standard InChI is InChI=1S/C30H36N8O2/c1-35-18-11-25(12-19-35)36(2)28(39)22-5-7-24(8-6-22)32-29-33-27-26(4-3-17-38(27)34-29)37-20-13-30(40,14-21-37)23-9-15-31-16-10-23/h3-10,15-17,25,40H,11-14,18-21H2,1-2H3,(H,32,34). The van der Waals surface area contributed by atoms with E-state index in [2.05, 4.69) is 32.2 Å². The second-order valence-electron chi connectivity index (χ2n) is 11.0. The highest BCUT2D eigenvalue weighted by molar-refractivity contribution is 5.94. The number of aromatic nitrogens is 4. The molecule has 5 heterocycles. The Kier molecular flexibility index (Phi) is 7.12. The number of anilines is 3. The molecular weight excluding hydrogens is 504 g/mol. The molecule has 1 amide bonds. The van der Waals surface area contributed by atoms with E-state index in [1.165, 1.54) is 0 Å². The minimum atomic E-state index is -0.847. The quantitative estimate of drug-likeness (QED) is 0.383. The summed E-state index contributed by atoms with van der Waals surface area (Å²) in [4.78, 5) is 28.4. The molecule has 3 aromatic heterocycles. The minimum absolute atomic E-state index is 0.0500. The van der Waals surface area contributed by atoms with Crippen molar-refractivity contribution in [3.8, 4) is 0 Å². The summed E-state index contributed by atoms with van der Waals surface area (Å²) in [6.07, 6.45) is 8.59. The lowest BCUT2D eigenvalue weighted by Gasteiger charge is -2.39. The highest BCUT2D eigenvalue weighted by Crippen LogP contribution is 2.35. The van der Waals surface area contributed by atoms with Crippen LogP contribution < -0.4 is 10.2 Å². The van der Waals surface area contributed by atoms with Crippen LogP contribution in [0.25, 0.3) is 5.65 Å². The smallest absolute Gasteiger partial charge is 0.253 e. The zero-order chi connectivity index (χ0) is 27.7. The number of rotatable bonds is 6. The number of amides is 1. The predicted molar refractivity (Wildman–Crippen MR) is 155 cm³/mol. The fourth-order valence-corrected chi connectivity index (χ4v) is 5.84. The van der Waals surface area contributed by atoms with Crippen LogP contribution in [0.1, 0.15) is 41.6 Å². The fourth-order valence-electron chi connectivity index (χ4n) is 5.84. The summed E-state index contributed by atoms with van der Waals surface area (Å²) < 4.78 is 1.77. The number of pyridine rings is 2. The molecule has 0 bridgehead atoms. The molecule has 0 spiro atoms. The Hall–Kier alpha value is -4.02. The minimum Gasteiger partial charge on any atom is -0.385 e. The second-order valence-corrected chi connectivity index (χ2v) is 11.0. The van der Waals surface area contributed by atoms with E-state index in [0.29, 0.717) is 37.4 Å². The third-order valence-electron chi connectivity index (χ3n) is 8.43. The van der Waals surface area contributed by atoms with Gasteiger partial charge in [0.25, 0.3) is 5.91 Å². The van der Waals surface area contributed by atoms with Gasteiger partial charge in [-0.2, -0.15) is 4.98 Å². The van der Waals surface area contributed by atoms with E-state index in [1.807, 2.05) is 66.7 Å². The van der Waals surface area contributed by atoms with Gasteiger partial charge >= 0.3 is 0 Å². The Labute approximate surface area is 234 Å². The van der Waals surface area contributed by atoms with Crippen LogP contribution >= 0.6 is 0 Å². The Morgan fingerprint density at radius 3 is 2.42 bits per heavy atom. The topological polar surface area (TPSA) is 102 Å². The van der Waals surface area contributed by atoms with E-state index in [1.54, 1.807) is 16.9 Å². The fraction of sp³-hybridized carbons (Fsp3) is 0.400. The molecule has 0 radical (unpaired) electrons. The van der Waals surface area contributed by atoms with Gasteiger partial charge in [-0.1, -0.05) is 0 Å². The van der Waals surface area contributed by atoms with Crippen LogP contribution in [0, 0.1) is 0 Å². The van der Waals surface area contributed by atoms with E-state index in [9.17, 15) is 9.90 Å². The van der Waals surface area contributed by atoms with Crippen molar-refractivity contribution >= 4 is 28.9 Å². The number of hydrogen-bond donors (Lipinski definition) is 2. The van der Waals surface area contributed by atoms with Gasteiger partial charge in [0.05, 0.1) is 11.3 Å². The molecule has 10 nitrogen and oxygen atoms in total. The normalized spacial score (nSPS) is 18.1. The Morgan fingerprint density at radius 2 is 1.73 bits per heavy atom. The number of piperidine rings is 2. The molecule has 6 rings (SSSR count). The van der Waals surface area contributed by atoms with Crippen molar-refractivity contribution in [2.45, 2.75) is 37.3 Å². The Bertz CT molecular complexity index is 1460. The largest absolute Gasteiger partial charge is 0.385 e. The summed E-state index contributed by atoms with van der Waals surface area (Å²) in [7, 11) is 4.03.